The highest BCUT2D eigenvalue weighted by atomic mass is 32.2. The minimum absolute atomic E-state index is 0.0742. The van der Waals surface area contributed by atoms with Crippen molar-refractivity contribution >= 4 is 43.3 Å². The quantitative estimate of drug-likeness (QED) is 0.623. The first-order valence-corrected chi connectivity index (χ1v) is 9.54. The molecule has 0 spiro atoms. The zero-order valence-electron chi connectivity index (χ0n) is 12.9. The van der Waals surface area contributed by atoms with Crippen LogP contribution in [0.3, 0.4) is 0 Å². The van der Waals surface area contributed by atoms with E-state index in [0.717, 1.165) is 27.8 Å². The van der Waals surface area contributed by atoms with E-state index in [9.17, 15) is 13.2 Å². The molecule has 2 heterocycles. The van der Waals surface area contributed by atoms with Gasteiger partial charge in [-0.25, -0.2) is 18.1 Å². The Morgan fingerprint density at radius 2 is 2.12 bits per heavy atom. The van der Waals surface area contributed by atoms with Crippen LogP contribution in [0.25, 0.3) is 10.9 Å². The lowest BCUT2D eigenvalue weighted by molar-refractivity contribution is -0.114. The lowest BCUT2D eigenvalue weighted by atomic mass is 10.1. The van der Waals surface area contributed by atoms with Crippen molar-refractivity contribution in [3.63, 3.8) is 0 Å². The maximum absolute atomic E-state index is 12.3. The smallest absolute Gasteiger partial charge is 0.251 e. The molecule has 126 valence electrons. The summed E-state index contributed by atoms with van der Waals surface area (Å²) < 4.78 is 27.2. The van der Waals surface area contributed by atoms with E-state index in [1.807, 2.05) is 30.5 Å². The number of H-pyrrole nitrogens is 1. The van der Waals surface area contributed by atoms with Gasteiger partial charge in [0, 0.05) is 30.6 Å². The van der Waals surface area contributed by atoms with E-state index in [4.69, 9.17) is 0 Å². The lowest BCUT2D eigenvalue weighted by Gasteiger charge is -2.04. The molecule has 0 aliphatic heterocycles. The zero-order chi connectivity index (χ0) is 17.2. The first-order valence-electron chi connectivity index (χ1n) is 7.24. The second kappa shape index (κ2) is 6.71. The number of aromatic nitrogens is 2. The highest BCUT2D eigenvalue weighted by Crippen LogP contribution is 2.23. The van der Waals surface area contributed by atoms with Crippen LogP contribution in [0.4, 0.5) is 5.13 Å². The summed E-state index contributed by atoms with van der Waals surface area (Å²) in [6.45, 7) is 1.62. The molecule has 9 heteroatoms. The first-order chi connectivity index (χ1) is 11.5. The summed E-state index contributed by atoms with van der Waals surface area (Å²) in [6, 6.07) is 7.87. The Labute approximate surface area is 143 Å². The highest BCUT2D eigenvalue weighted by molar-refractivity contribution is 7.91. The number of sulfonamides is 1. The van der Waals surface area contributed by atoms with Crippen LogP contribution in [-0.2, 0) is 21.2 Å². The number of anilines is 1. The van der Waals surface area contributed by atoms with Crippen molar-refractivity contribution in [2.75, 3.05) is 11.9 Å². The van der Waals surface area contributed by atoms with Crippen molar-refractivity contribution in [2.45, 2.75) is 17.6 Å². The number of amides is 1. The van der Waals surface area contributed by atoms with Crippen LogP contribution >= 0.6 is 11.3 Å². The average Bonchev–Trinajstić information content (AvgIpc) is 3.14. The van der Waals surface area contributed by atoms with Gasteiger partial charge >= 0.3 is 0 Å². The van der Waals surface area contributed by atoms with Gasteiger partial charge in [0.25, 0.3) is 10.0 Å². The largest absolute Gasteiger partial charge is 0.361 e. The minimum Gasteiger partial charge on any atom is -0.361 e. The Morgan fingerprint density at radius 3 is 2.92 bits per heavy atom. The second-order valence-electron chi connectivity index (χ2n) is 5.17. The number of nitrogens with one attached hydrogen (secondary N) is 3. The van der Waals surface area contributed by atoms with Crippen molar-refractivity contribution in [3.05, 3.63) is 42.2 Å². The number of hydrogen-bond acceptors (Lipinski definition) is 5. The molecule has 0 fully saturated rings. The molecule has 0 bridgehead atoms. The number of rotatable bonds is 6. The third kappa shape index (κ3) is 3.64. The van der Waals surface area contributed by atoms with Gasteiger partial charge in [0.1, 0.15) is 0 Å². The highest BCUT2D eigenvalue weighted by Gasteiger charge is 2.18. The number of benzene rings is 1. The van der Waals surface area contributed by atoms with Crippen LogP contribution in [0.5, 0.6) is 0 Å². The zero-order valence-corrected chi connectivity index (χ0v) is 14.5. The lowest BCUT2D eigenvalue weighted by Crippen LogP contribution is -2.25. The fourth-order valence-corrected chi connectivity index (χ4v) is 4.47. The summed E-state index contributed by atoms with van der Waals surface area (Å²) in [4.78, 5) is 18.0. The van der Waals surface area contributed by atoms with Gasteiger partial charge in [-0.2, -0.15) is 0 Å². The maximum Gasteiger partial charge on any atom is 0.251 e. The van der Waals surface area contributed by atoms with E-state index in [2.05, 4.69) is 20.0 Å². The van der Waals surface area contributed by atoms with Crippen LogP contribution in [0.1, 0.15) is 12.5 Å². The molecule has 3 aromatic rings. The summed E-state index contributed by atoms with van der Waals surface area (Å²) >= 11 is 0.919. The summed E-state index contributed by atoms with van der Waals surface area (Å²) in [5, 5.41) is 3.82. The van der Waals surface area contributed by atoms with Crippen molar-refractivity contribution in [1.82, 2.24) is 14.7 Å². The number of aromatic amines is 1. The minimum atomic E-state index is -3.64. The molecule has 1 amide bonds. The molecule has 0 saturated carbocycles. The number of fused-ring (bicyclic) bond motifs is 1. The molecule has 3 rings (SSSR count). The molecular formula is C15H16N4O3S2. The Hall–Kier alpha value is -2.23. The van der Waals surface area contributed by atoms with E-state index in [1.54, 1.807) is 0 Å². The van der Waals surface area contributed by atoms with Gasteiger partial charge in [-0.3, -0.25) is 4.79 Å². The number of nitrogens with zero attached hydrogens (tertiary/aromatic N) is 1. The van der Waals surface area contributed by atoms with E-state index >= 15 is 0 Å². The van der Waals surface area contributed by atoms with Crippen molar-refractivity contribution < 1.29 is 13.2 Å². The molecule has 0 atom stereocenters. The monoisotopic (exact) mass is 364 g/mol. The molecule has 0 aliphatic carbocycles. The fourth-order valence-electron chi connectivity index (χ4n) is 2.32. The molecule has 24 heavy (non-hydrogen) atoms. The third-order valence-electron chi connectivity index (χ3n) is 3.39. The topological polar surface area (TPSA) is 104 Å². The van der Waals surface area contributed by atoms with Crippen molar-refractivity contribution in [3.8, 4) is 0 Å². The van der Waals surface area contributed by atoms with E-state index < -0.39 is 10.0 Å². The van der Waals surface area contributed by atoms with Gasteiger partial charge < -0.3 is 10.3 Å². The predicted molar refractivity (Wildman–Crippen MR) is 93.6 cm³/mol. The third-order valence-corrected chi connectivity index (χ3v) is 6.23. The second-order valence-corrected chi connectivity index (χ2v) is 8.20. The summed E-state index contributed by atoms with van der Waals surface area (Å²) in [7, 11) is -3.64. The van der Waals surface area contributed by atoms with Crippen LogP contribution in [0, 0.1) is 0 Å². The molecule has 3 N–H and O–H groups in total. The fraction of sp³-hybridized carbons (Fsp3) is 0.200. The van der Waals surface area contributed by atoms with E-state index in [0.29, 0.717) is 6.42 Å². The Morgan fingerprint density at radius 1 is 1.33 bits per heavy atom. The molecule has 0 radical (unpaired) electrons. The van der Waals surface area contributed by atoms with Crippen LogP contribution in [0.15, 0.2) is 40.9 Å². The average molecular weight is 364 g/mol. The Bertz CT molecular complexity index is 975. The van der Waals surface area contributed by atoms with Gasteiger partial charge in [-0.05, 0) is 18.1 Å². The Kier molecular flexibility index (Phi) is 4.65. The van der Waals surface area contributed by atoms with Crippen molar-refractivity contribution in [2.24, 2.45) is 0 Å². The van der Waals surface area contributed by atoms with E-state index in [1.165, 1.54) is 13.1 Å². The maximum atomic E-state index is 12.3. The standard InChI is InChI=1S/C15H16N4O3S2/c1-10(20)19-15-17-9-14(23-15)24(21,22)18-7-6-11-8-16-13-5-3-2-4-12(11)13/h2-5,8-9,16,18H,6-7H2,1H3,(H,17,19,20). The van der Waals surface area contributed by atoms with Gasteiger partial charge in [0.05, 0.1) is 6.20 Å². The van der Waals surface area contributed by atoms with Gasteiger partial charge in [0.2, 0.25) is 5.91 Å². The first kappa shape index (κ1) is 16.6. The normalized spacial score (nSPS) is 11.7. The number of carbonyl (C=O) groups excluding carboxylic acids is 1. The molecule has 0 unspecified atom stereocenters. The molecule has 7 nitrogen and oxygen atoms in total. The van der Waals surface area contributed by atoms with Gasteiger partial charge in [-0.15, -0.1) is 0 Å². The summed E-state index contributed by atoms with van der Waals surface area (Å²) in [5.74, 6) is -0.291. The molecular weight excluding hydrogens is 348 g/mol. The number of thiazole rings is 1. The molecule has 2 aromatic heterocycles. The molecule has 0 aliphatic rings. The van der Waals surface area contributed by atoms with Crippen LogP contribution in [0.2, 0.25) is 0 Å². The summed E-state index contributed by atoms with van der Waals surface area (Å²) in [6.07, 6.45) is 3.70. The van der Waals surface area contributed by atoms with Crippen LogP contribution < -0.4 is 10.0 Å². The molecule has 1 aromatic carbocycles. The SMILES string of the molecule is CC(=O)Nc1ncc(S(=O)(=O)NCCc2c[nH]c3ccccc23)s1. The van der Waals surface area contributed by atoms with Crippen molar-refractivity contribution in [1.29, 1.82) is 0 Å². The number of carbonyl (C=O) groups is 1. The number of hydrogen-bond donors (Lipinski definition) is 3. The summed E-state index contributed by atoms with van der Waals surface area (Å²) in [5.41, 5.74) is 2.08. The Balaban J connectivity index is 1.65. The van der Waals surface area contributed by atoms with Gasteiger partial charge in [-0.1, -0.05) is 29.5 Å². The number of para-hydroxylation sites is 1. The van der Waals surface area contributed by atoms with Crippen LogP contribution in [-0.4, -0.2) is 30.8 Å². The molecule has 0 saturated heterocycles. The van der Waals surface area contributed by atoms with Gasteiger partial charge in [0.15, 0.2) is 9.34 Å². The predicted octanol–water partition coefficient (Wildman–Crippen LogP) is 2.10. The van der Waals surface area contributed by atoms with E-state index in [-0.39, 0.29) is 21.8 Å².